The zero-order valence-corrected chi connectivity index (χ0v) is 5.07. The van der Waals surface area contributed by atoms with E-state index in [9.17, 15) is 0 Å². The van der Waals surface area contributed by atoms with E-state index >= 15 is 0 Å². The first-order valence-corrected chi connectivity index (χ1v) is 2.68. The predicted molar refractivity (Wildman–Crippen MR) is 31.7 cm³/mol. The van der Waals surface area contributed by atoms with Crippen LogP contribution in [0.15, 0.2) is 0 Å². The zero-order chi connectivity index (χ0) is 4.50. The summed E-state index contributed by atoms with van der Waals surface area (Å²) in [6, 6.07) is 0. The molecule has 0 spiro atoms. The van der Waals surface area contributed by atoms with E-state index in [1.54, 1.807) is 0 Å². The molecule has 0 saturated carbocycles. The van der Waals surface area contributed by atoms with Crippen LogP contribution in [0.4, 0.5) is 0 Å². The summed E-state index contributed by atoms with van der Waals surface area (Å²) >= 11 is 0. The minimum atomic E-state index is -4.61. The quantitative estimate of drug-likeness (QED) is 0.330. The van der Waals surface area contributed by atoms with Gasteiger partial charge < -0.3 is 19.2 Å². The second kappa shape index (κ2) is 9.33. The molecule has 0 fully saturated rings. The van der Waals surface area contributed by atoms with Gasteiger partial charge in [0.1, 0.15) is 0 Å². The van der Waals surface area contributed by atoms with Gasteiger partial charge in [-0.1, -0.05) is 0 Å². The maximum absolute atomic E-state index is 7.33. The topological polar surface area (TPSA) is 80.9 Å². The summed E-state index contributed by atoms with van der Waals surface area (Å²) in [6.45, 7) is 0. The Morgan fingerprint density at radius 3 is 0.875 bits per heavy atom. The van der Waals surface area contributed by atoms with E-state index in [1.165, 1.54) is 0 Å². The van der Waals surface area contributed by atoms with Crippen LogP contribution in [0.2, 0.25) is 0 Å². The number of hydrogen-bond acceptors (Lipinski definition) is 4. The van der Waals surface area contributed by atoms with Crippen molar-refractivity contribution in [2.75, 3.05) is 0 Å². The second-order valence-electron chi connectivity index (χ2n) is 0.600. The normalized spacial score (nSPS) is 7.50. The minimum absolute atomic E-state index is 0. The second-order valence-corrected chi connectivity index (χ2v) is 1.80. The molecule has 0 aromatic rings. The third-order valence-corrected chi connectivity index (χ3v) is 0. The Kier molecular flexibility index (Phi) is 26.2. The summed E-state index contributed by atoms with van der Waals surface area (Å²) in [5.41, 5.74) is 0. The zero-order valence-electron chi connectivity index (χ0n) is 2.59. The van der Waals surface area contributed by atoms with Gasteiger partial charge in [0.25, 0.3) is 0 Å². The number of hydrogen-bond donors (Lipinski definition) is 4. The van der Waals surface area contributed by atoms with E-state index in [1.807, 2.05) is 0 Å². The fraction of sp³-hybridized carbons (Fsp3) is 0. The van der Waals surface area contributed by atoms with E-state index in [2.05, 4.69) is 0 Å². The molecule has 4 nitrogen and oxygen atoms in total. The van der Waals surface area contributed by atoms with Gasteiger partial charge in [-0.2, -0.15) is 0 Å². The summed E-state index contributed by atoms with van der Waals surface area (Å²) in [5, 5.41) is 0. The van der Waals surface area contributed by atoms with Crippen LogP contribution < -0.4 is 0 Å². The van der Waals surface area contributed by atoms with Gasteiger partial charge in [-0.25, -0.2) is 0 Å². The van der Waals surface area contributed by atoms with Crippen LogP contribution in [0.5, 0.6) is 0 Å². The molecule has 4 N–H and O–H groups in total. The van der Waals surface area contributed by atoms with Crippen molar-refractivity contribution in [3.05, 3.63) is 0 Å². The van der Waals surface area contributed by atoms with E-state index in [0.717, 1.165) is 0 Å². The Balaban J connectivity index is -0.0000000267. The molecule has 0 aliphatic carbocycles. The summed E-state index contributed by atoms with van der Waals surface area (Å²) < 4.78 is 0. The van der Waals surface area contributed by atoms with Crippen LogP contribution in [0, 0.1) is 0 Å². The first-order valence-electron chi connectivity index (χ1n) is 0.894. The molecule has 0 aromatic heterocycles. The molecule has 8 heavy (non-hydrogen) atoms. The average Bonchev–Trinajstić information content (AvgIpc) is 0.722. The van der Waals surface area contributed by atoms with E-state index in [0.29, 0.717) is 0 Å². The van der Waals surface area contributed by atoms with Crippen molar-refractivity contribution < 1.29 is 41.6 Å². The maximum atomic E-state index is 7.33. The Labute approximate surface area is 96.3 Å². The molecule has 0 aliphatic rings. The summed E-state index contributed by atoms with van der Waals surface area (Å²) in [4.78, 5) is 29.3. The average molecular weight is 258 g/mol. The van der Waals surface area contributed by atoms with Gasteiger partial charge in [0.2, 0.25) is 0 Å². The van der Waals surface area contributed by atoms with Crippen molar-refractivity contribution in [1.82, 2.24) is 0 Å². The summed E-state index contributed by atoms with van der Waals surface area (Å²) in [7, 11) is -4.61. The SMILES string of the molecule is O[Si](O)(O)O.[Ag].[AlH3].[NaH]. The van der Waals surface area contributed by atoms with E-state index in [4.69, 9.17) is 19.2 Å². The molecule has 1 radical (unpaired) electrons. The molecular weight excluding hydrogens is 250 g/mol. The summed E-state index contributed by atoms with van der Waals surface area (Å²) in [6.07, 6.45) is 0. The molecule has 0 unspecified atom stereocenters. The third kappa shape index (κ3) is 82.5. The molecule has 0 amide bonds. The monoisotopic (exact) mass is 257 g/mol. The van der Waals surface area contributed by atoms with Crippen molar-refractivity contribution in [3.8, 4) is 0 Å². The van der Waals surface area contributed by atoms with Crippen LogP contribution in [0.1, 0.15) is 0 Å². The van der Waals surface area contributed by atoms with Crippen molar-refractivity contribution in [2.45, 2.75) is 0 Å². The molecule has 0 aromatic carbocycles. The fourth-order valence-corrected chi connectivity index (χ4v) is 0. The standard InChI is InChI=1S/Ag.Al.Na.H4O4Si.4H/c;;;1-5(2,3)4;;;;/h;;;1-4H;;;;. The Morgan fingerprint density at radius 1 is 0.875 bits per heavy atom. The molecule has 8 heteroatoms. The van der Waals surface area contributed by atoms with Crippen molar-refractivity contribution in [3.63, 3.8) is 0 Å². The van der Waals surface area contributed by atoms with Gasteiger partial charge in [0.05, 0.1) is 0 Å². The van der Waals surface area contributed by atoms with Crippen molar-refractivity contribution in [1.29, 1.82) is 0 Å². The van der Waals surface area contributed by atoms with Crippen LogP contribution in [0.25, 0.3) is 0 Å². The molecule has 0 saturated heterocycles. The molecule has 0 bridgehead atoms. The van der Waals surface area contributed by atoms with Crippen molar-refractivity contribution in [2.24, 2.45) is 0 Å². The van der Waals surface area contributed by atoms with Gasteiger partial charge in [0.15, 0.2) is 17.4 Å². The Hall–Kier alpha value is 2.33. The molecule has 51 valence electrons. The molecular formula is H8AgAlNaO4Si. The van der Waals surface area contributed by atoms with E-state index < -0.39 is 9.05 Å². The number of rotatable bonds is 0. The Morgan fingerprint density at radius 2 is 0.875 bits per heavy atom. The van der Waals surface area contributed by atoms with E-state index in [-0.39, 0.29) is 69.3 Å². The van der Waals surface area contributed by atoms with Crippen molar-refractivity contribution >= 4 is 56.0 Å². The third-order valence-electron chi connectivity index (χ3n) is 0. The van der Waals surface area contributed by atoms with Crippen LogP contribution in [-0.2, 0) is 22.4 Å². The Bertz CT molecular complexity index is 31.5. The van der Waals surface area contributed by atoms with Gasteiger partial charge in [-0.05, 0) is 0 Å². The summed E-state index contributed by atoms with van der Waals surface area (Å²) in [5.74, 6) is 0. The van der Waals surface area contributed by atoms with Crippen LogP contribution in [-0.4, -0.2) is 75.1 Å². The molecule has 0 rings (SSSR count). The molecule has 0 aliphatic heterocycles. The van der Waals surface area contributed by atoms with Crippen LogP contribution >= 0.6 is 0 Å². The fourth-order valence-electron chi connectivity index (χ4n) is 0. The first kappa shape index (κ1) is 22.4. The van der Waals surface area contributed by atoms with Gasteiger partial charge >= 0.3 is 38.6 Å². The molecule has 0 atom stereocenters. The van der Waals surface area contributed by atoms with Gasteiger partial charge in [-0.15, -0.1) is 0 Å². The van der Waals surface area contributed by atoms with Gasteiger partial charge in [-0.3, -0.25) is 0 Å². The van der Waals surface area contributed by atoms with Gasteiger partial charge in [0, 0.05) is 22.4 Å². The first-order chi connectivity index (χ1) is 2.00. The predicted octanol–water partition coefficient (Wildman–Crippen LogP) is -4.44. The van der Waals surface area contributed by atoms with Crippen LogP contribution in [0.3, 0.4) is 0 Å². The molecule has 0 heterocycles.